The predicted octanol–water partition coefficient (Wildman–Crippen LogP) is 3.31. The normalized spacial score (nSPS) is 25.3. The minimum absolute atomic E-state index is 0.338. The maximum Gasteiger partial charge on any atom is 0.110 e. The van der Waals surface area contributed by atoms with Crippen LogP contribution in [0.2, 0.25) is 0 Å². The summed E-state index contributed by atoms with van der Waals surface area (Å²) in [5, 5.41) is 0. The number of nitrogens with one attached hydrogen (secondary N) is 1. The third-order valence-electron chi connectivity index (χ3n) is 3.58. The molecule has 4 heteroatoms. The molecule has 0 radical (unpaired) electrons. The van der Waals surface area contributed by atoms with Crippen LogP contribution in [0.15, 0.2) is 22.7 Å². The van der Waals surface area contributed by atoms with Crippen molar-refractivity contribution < 1.29 is 0 Å². The van der Waals surface area contributed by atoms with Crippen LogP contribution in [0.5, 0.6) is 0 Å². The molecule has 1 aliphatic carbocycles. The monoisotopic (exact) mass is 293 g/mol. The van der Waals surface area contributed by atoms with E-state index in [1.165, 1.54) is 12.8 Å². The number of hydrogen-bond donors (Lipinski definition) is 2. The van der Waals surface area contributed by atoms with E-state index >= 15 is 0 Å². The first-order valence-electron chi connectivity index (χ1n) is 6.14. The lowest BCUT2D eigenvalue weighted by Crippen LogP contribution is -2.27. The highest BCUT2D eigenvalue weighted by Gasteiger charge is 2.23. The summed E-state index contributed by atoms with van der Waals surface area (Å²) in [6.45, 7) is 0. The summed E-state index contributed by atoms with van der Waals surface area (Å²) >= 11 is 3.54. The van der Waals surface area contributed by atoms with Gasteiger partial charge in [-0.1, -0.05) is 12.5 Å². The van der Waals surface area contributed by atoms with E-state index in [1.54, 1.807) is 0 Å². The lowest BCUT2D eigenvalue weighted by Gasteiger charge is -2.24. The Labute approximate surface area is 109 Å². The predicted molar refractivity (Wildman–Crippen MR) is 73.0 cm³/mol. The van der Waals surface area contributed by atoms with Crippen LogP contribution in [0.1, 0.15) is 37.4 Å². The summed E-state index contributed by atoms with van der Waals surface area (Å²) in [4.78, 5) is 8.14. The average Bonchev–Trinajstić information content (AvgIpc) is 2.74. The largest absolute Gasteiger partial charge is 0.342 e. The number of aromatic nitrogens is 2. The van der Waals surface area contributed by atoms with Crippen molar-refractivity contribution in [1.29, 1.82) is 0 Å². The second-order valence-electron chi connectivity index (χ2n) is 4.88. The number of fused-ring (bicyclic) bond motifs is 1. The number of halogens is 1. The molecule has 1 fully saturated rings. The number of nitrogens with two attached hydrogens (primary N) is 1. The molecular formula is C13H16BrN3. The fourth-order valence-electron chi connectivity index (χ4n) is 2.69. The van der Waals surface area contributed by atoms with Crippen molar-refractivity contribution in [3.63, 3.8) is 0 Å². The van der Waals surface area contributed by atoms with E-state index in [9.17, 15) is 0 Å². The zero-order chi connectivity index (χ0) is 11.8. The van der Waals surface area contributed by atoms with Crippen molar-refractivity contribution in [3.8, 4) is 0 Å². The minimum atomic E-state index is 0.338. The number of imidazole rings is 1. The number of rotatable bonds is 1. The second kappa shape index (κ2) is 4.42. The van der Waals surface area contributed by atoms with Gasteiger partial charge >= 0.3 is 0 Å². The zero-order valence-electron chi connectivity index (χ0n) is 9.62. The highest BCUT2D eigenvalue weighted by molar-refractivity contribution is 9.10. The van der Waals surface area contributed by atoms with Crippen LogP contribution in [-0.2, 0) is 0 Å². The van der Waals surface area contributed by atoms with Gasteiger partial charge < -0.3 is 10.7 Å². The SMILES string of the molecule is NC1CCCC(c2nc3c(Br)cccc3[nH]2)C1. The molecule has 1 aliphatic rings. The van der Waals surface area contributed by atoms with Crippen LogP contribution in [-0.4, -0.2) is 16.0 Å². The summed E-state index contributed by atoms with van der Waals surface area (Å²) in [7, 11) is 0. The summed E-state index contributed by atoms with van der Waals surface area (Å²) in [5.41, 5.74) is 8.17. The van der Waals surface area contributed by atoms with Gasteiger partial charge in [-0.05, 0) is 47.3 Å². The van der Waals surface area contributed by atoms with Gasteiger partial charge in [0.1, 0.15) is 11.3 Å². The summed E-state index contributed by atoms with van der Waals surface area (Å²) in [6, 6.07) is 6.46. The van der Waals surface area contributed by atoms with E-state index in [0.717, 1.165) is 34.2 Å². The fraction of sp³-hybridized carbons (Fsp3) is 0.462. The van der Waals surface area contributed by atoms with Crippen molar-refractivity contribution in [2.45, 2.75) is 37.6 Å². The second-order valence-corrected chi connectivity index (χ2v) is 5.74. The first kappa shape index (κ1) is 11.2. The Bertz CT molecular complexity index is 534. The molecule has 0 bridgehead atoms. The van der Waals surface area contributed by atoms with Gasteiger partial charge in [0, 0.05) is 16.4 Å². The minimum Gasteiger partial charge on any atom is -0.342 e. The molecule has 1 aromatic heterocycles. The molecule has 1 heterocycles. The Kier molecular flexibility index (Phi) is 2.92. The lowest BCUT2D eigenvalue weighted by atomic mass is 9.86. The van der Waals surface area contributed by atoms with Crippen LogP contribution in [0, 0.1) is 0 Å². The summed E-state index contributed by atoms with van der Waals surface area (Å²) < 4.78 is 1.05. The van der Waals surface area contributed by atoms with Crippen molar-refractivity contribution in [2.24, 2.45) is 5.73 Å². The van der Waals surface area contributed by atoms with Gasteiger partial charge in [-0.15, -0.1) is 0 Å². The van der Waals surface area contributed by atoms with E-state index < -0.39 is 0 Å². The van der Waals surface area contributed by atoms with Crippen LogP contribution < -0.4 is 5.73 Å². The number of hydrogen-bond acceptors (Lipinski definition) is 2. The first-order chi connectivity index (χ1) is 8.24. The van der Waals surface area contributed by atoms with E-state index in [2.05, 4.69) is 27.0 Å². The maximum atomic E-state index is 6.04. The van der Waals surface area contributed by atoms with E-state index in [1.807, 2.05) is 12.1 Å². The standard InChI is InChI=1S/C13H16BrN3/c14-10-5-2-6-11-12(10)17-13(16-11)8-3-1-4-9(15)7-8/h2,5-6,8-9H,1,3-4,7,15H2,(H,16,17). The molecule has 0 amide bonds. The average molecular weight is 294 g/mol. The van der Waals surface area contributed by atoms with Gasteiger partial charge in [-0.2, -0.15) is 0 Å². The fourth-order valence-corrected chi connectivity index (χ4v) is 3.14. The Morgan fingerprint density at radius 2 is 2.24 bits per heavy atom. The van der Waals surface area contributed by atoms with E-state index in [0.29, 0.717) is 12.0 Å². The summed E-state index contributed by atoms with van der Waals surface area (Å²) in [5.74, 6) is 1.60. The Morgan fingerprint density at radius 1 is 1.35 bits per heavy atom. The maximum absolute atomic E-state index is 6.04. The van der Waals surface area contributed by atoms with Gasteiger partial charge in [0.05, 0.1) is 5.52 Å². The van der Waals surface area contributed by atoms with Crippen molar-refractivity contribution >= 4 is 27.0 Å². The van der Waals surface area contributed by atoms with Gasteiger partial charge in [0.25, 0.3) is 0 Å². The molecule has 3 nitrogen and oxygen atoms in total. The Morgan fingerprint density at radius 3 is 3.00 bits per heavy atom. The third-order valence-corrected chi connectivity index (χ3v) is 4.22. The van der Waals surface area contributed by atoms with Crippen molar-refractivity contribution in [1.82, 2.24) is 9.97 Å². The van der Waals surface area contributed by atoms with Gasteiger partial charge in [0.2, 0.25) is 0 Å². The quantitative estimate of drug-likeness (QED) is 0.847. The smallest absolute Gasteiger partial charge is 0.110 e. The lowest BCUT2D eigenvalue weighted by molar-refractivity contribution is 0.384. The molecule has 0 saturated heterocycles. The molecular weight excluding hydrogens is 278 g/mol. The van der Waals surface area contributed by atoms with Crippen LogP contribution in [0.4, 0.5) is 0 Å². The van der Waals surface area contributed by atoms with Crippen LogP contribution in [0.3, 0.4) is 0 Å². The topological polar surface area (TPSA) is 54.7 Å². The number of para-hydroxylation sites is 1. The number of nitrogens with zero attached hydrogens (tertiary/aromatic N) is 1. The highest BCUT2D eigenvalue weighted by atomic mass is 79.9. The summed E-state index contributed by atoms with van der Waals surface area (Å²) in [6.07, 6.45) is 4.62. The molecule has 2 atom stereocenters. The van der Waals surface area contributed by atoms with Gasteiger partial charge in [-0.3, -0.25) is 0 Å². The highest BCUT2D eigenvalue weighted by Crippen LogP contribution is 2.32. The molecule has 2 aromatic rings. The molecule has 2 unspecified atom stereocenters. The zero-order valence-corrected chi connectivity index (χ0v) is 11.2. The Balaban J connectivity index is 1.97. The third kappa shape index (κ3) is 2.11. The number of benzene rings is 1. The van der Waals surface area contributed by atoms with Crippen LogP contribution >= 0.6 is 15.9 Å². The van der Waals surface area contributed by atoms with E-state index in [4.69, 9.17) is 10.7 Å². The van der Waals surface area contributed by atoms with Gasteiger partial charge in [0.15, 0.2) is 0 Å². The molecule has 3 N–H and O–H groups in total. The molecule has 90 valence electrons. The molecule has 3 rings (SSSR count). The Hall–Kier alpha value is -0.870. The van der Waals surface area contributed by atoms with Crippen LogP contribution in [0.25, 0.3) is 11.0 Å². The molecule has 0 spiro atoms. The van der Waals surface area contributed by atoms with Crippen molar-refractivity contribution in [2.75, 3.05) is 0 Å². The molecule has 1 saturated carbocycles. The number of H-pyrrole nitrogens is 1. The van der Waals surface area contributed by atoms with E-state index in [-0.39, 0.29) is 0 Å². The number of aromatic amines is 1. The van der Waals surface area contributed by atoms with Crippen molar-refractivity contribution in [3.05, 3.63) is 28.5 Å². The first-order valence-corrected chi connectivity index (χ1v) is 6.93. The molecule has 17 heavy (non-hydrogen) atoms. The van der Waals surface area contributed by atoms with Gasteiger partial charge in [-0.25, -0.2) is 4.98 Å². The molecule has 0 aliphatic heterocycles. The molecule has 1 aromatic carbocycles.